The predicted octanol–water partition coefficient (Wildman–Crippen LogP) is 3.68. The van der Waals surface area contributed by atoms with Crippen LogP contribution in [0.3, 0.4) is 0 Å². The van der Waals surface area contributed by atoms with Crippen molar-refractivity contribution < 1.29 is 9.90 Å². The number of aliphatic hydroxyl groups excluding tert-OH is 1. The number of amides is 1. The molecule has 2 aromatic carbocycles. The highest BCUT2D eigenvalue weighted by atomic mass is 16.3. The molecule has 0 aliphatic heterocycles. The van der Waals surface area contributed by atoms with E-state index in [1.807, 2.05) is 25.1 Å². The van der Waals surface area contributed by atoms with E-state index in [4.69, 9.17) is 5.73 Å². The van der Waals surface area contributed by atoms with Crippen LogP contribution in [-0.4, -0.2) is 23.2 Å². The number of fused-ring (bicyclic) bond motifs is 1. The summed E-state index contributed by atoms with van der Waals surface area (Å²) in [5.74, 6) is 0.160. The standard InChI is InChI=1S/C22H30N2O2/c1-15(18-12-11-17-9-5-6-10-19(17)14-18)24-22(26)21(25)20(23)13-16-7-3-2-4-8-16/h5-6,9-12,14-16,20-21,25H,2-4,7-8,13,23H2,1H3,(H,24,26)/t15-,20-,21?/m1/s1. The molecule has 4 N–H and O–H groups in total. The fraction of sp³-hybridized carbons (Fsp3) is 0.500. The second-order valence-electron chi connectivity index (χ2n) is 7.69. The summed E-state index contributed by atoms with van der Waals surface area (Å²) in [6.07, 6.45) is 5.65. The number of carbonyl (C=O) groups excluding carboxylic acids is 1. The second kappa shape index (κ2) is 8.65. The lowest BCUT2D eigenvalue weighted by molar-refractivity contribution is -0.131. The highest BCUT2D eigenvalue weighted by molar-refractivity contribution is 5.84. The maximum absolute atomic E-state index is 12.4. The van der Waals surface area contributed by atoms with Crippen LogP contribution in [0.25, 0.3) is 10.8 Å². The van der Waals surface area contributed by atoms with Gasteiger partial charge in [0.2, 0.25) is 0 Å². The van der Waals surface area contributed by atoms with Crippen LogP contribution in [0.5, 0.6) is 0 Å². The van der Waals surface area contributed by atoms with E-state index in [0.29, 0.717) is 5.92 Å². The van der Waals surface area contributed by atoms with Gasteiger partial charge in [0.05, 0.1) is 6.04 Å². The molecule has 0 radical (unpaired) electrons. The zero-order valence-electron chi connectivity index (χ0n) is 15.5. The van der Waals surface area contributed by atoms with E-state index in [0.717, 1.165) is 30.2 Å². The largest absolute Gasteiger partial charge is 0.382 e. The number of carbonyl (C=O) groups is 1. The molecular weight excluding hydrogens is 324 g/mol. The van der Waals surface area contributed by atoms with E-state index in [2.05, 4.69) is 29.6 Å². The minimum absolute atomic E-state index is 0.177. The topological polar surface area (TPSA) is 75.3 Å². The molecule has 1 unspecified atom stereocenters. The first-order valence-electron chi connectivity index (χ1n) is 9.77. The SMILES string of the molecule is C[C@@H](NC(=O)C(O)[C@H](N)CC1CCCCC1)c1ccc2ccccc2c1. The second-order valence-corrected chi connectivity index (χ2v) is 7.69. The quantitative estimate of drug-likeness (QED) is 0.741. The third kappa shape index (κ3) is 4.63. The van der Waals surface area contributed by atoms with Gasteiger partial charge in [0, 0.05) is 6.04 Å². The van der Waals surface area contributed by atoms with Gasteiger partial charge in [-0.15, -0.1) is 0 Å². The first-order chi connectivity index (χ1) is 12.5. The molecule has 0 heterocycles. The smallest absolute Gasteiger partial charge is 0.250 e. The molecule has 1 saturated carbocycles. The highest BCUT2D eigenvalue weighted by Gasteiger charge is 2.27. The molecule has 3 atom stereocenters. The molecule has 0 saturated heterocycles. The Morgan fingerprint density at radius 1 is 1.15 bits per heavy atom. The monoisotopic (exact) mass is 354 g/mol. The van der Waals surface area contributed by atoms with E-state index < -0.39 is 12.1 Å². The van der Waals surface area contributed by atoms with E-state index >= 15 is 0 Å². The summed E-state index contributed by atoms with van der Waals surface area (Å²) in [6, 6.07) is 13.6. The van der Waals surface area contributed by atoms with Crippen LogP contribution in [0.2, 0.25) is 0 Å². The number of nitrogens with one attached hydrogen (secondary N) is 1. The number of benzene rings is 2. The average Bonchev–Trinajstić information content (AvgIpc) is 2.67. The molecule has 0 aromatic heterocycles. The molecule has 1 fully saturated rings. The summed E-state index contributed by atoms with van der Waals surface area (Å²) in [5.41, 5.74) is 7.15. The van der Waals surface area contributed by atoms with Crippen molar-refractivity contribution in [3.8, 4) is 0 Å². The molecule has 0 spiro atoms. The molecule has 4 heteroatoms. The average molecular weight is 354 g/mol. The normalized spacial score (nSPS) is 19.0. The van der Waals surface area contributed by atoms with Gasteiger partial charge >= 0.3 is 0 Å². The molecule has 3 rings (SSSR count). The van der Waals surface area contributed by atoms with E-state index in [1.54, 1.807) is 0 Å². The Balaban J connectivity index is 1.58. The summed E-state index contributed by atoms with van der Waals surface area (Å²) < 4.78 is 0. The summed E-state index contributed by atoms with van der Waals surface area (Å²) >= 11 is 0. The van der Waals surface area contributed by atoms with Crippen molar-refractivity contribution in [2.45, 2.75) is 63.6 Å². The van der Waals surface area contributed by atoms with Crippen molar-refractivity contribution in [1.29, 1.82) is 0 Å². The van der Waals surface area contributed by atoms with Gasteiger partial charge < -0.3 is 16.2 Å². The zero-order chi connectivity index (χ0) is 18.5. The summed E-state index contributed by atoms with van der Waals surface area (Å²) in [4.78, 5) is 12.4. The Morgan fingerprint density at radius 2 is 1.85 bits per heavy atom. The summed E-state index contributed by atoms with van der Waals surface area (Å²) in [7, 11) is 0. The minimum atomic E-state index is -1.15. The number of nitrogens with two attached hydrogens (primary N) is 1. The zero-order valence-corrected chi connectivity index (χ0v) is 15.5. The van der Waals surface area contributed by atoms with Gasteiger partial charge in [0.25, 0.3) is 5.91 Å². The van der Waals surface area contributed by atoms with Crippen LogP contribution < -0.4 is 11.1 Å². The van der Waals surface area contributed by atoms with Crippen LogP contribution in [0.4, 0.5) is 0 Å². The van der Waals surface area contributed by atoms with Gasteiger partial charge in [-0.3, -0.25) is 4.79 Å². The van der Waals surface area contributed by atoms with Crippen molar-refractivity contribution in [1.82, 2.24) is 5.32 Å². The maximum atomic E-state index is 12.4. The van der Waals surface area contributed by atoms with Crippen molar-refractivity contribution in [2.24, 2.45) is 11.7 Å². The third-order valence-electron chi connectivity index (χ3n) is 5.64. The molecule has 0 bridgehead atoms. The predicted molar refractivity (Wildman–Crippen MR) is 106 cm³/mol. The van der Waals surface area contributed by atoms with Crippen molar-refractivity contribution in [2.75, 3.05) is 0 Å². The first-order valence-corrected chi connectivity index (χ1v) is 9.77. The Hall–Kier alpha value is -1.91. The molecule has 2 aromatic rings. The summed E-state index contributed by atoms with van der Waals surface area (Å²) in [6.45, 7) is 1.93. The number of hydrogen-bond donors (Lipinski definition) is 3. The molecule has 1 amide bonds. The Kier molecular flexibility index (Phi) is 6.28. The molecule has 26 heavy (non-hydrogen) atoms. The van der Waals surface area contributed by atoms with Crippen LogP contribution >= 0.6 is 0 Å². The van der Waals surface area contributed by atoms with Gasteiger partial charge in [0.15, 0.2) is 0 Å². The van der Waals surface area contributed by atoms with Crippen LogP contribution in [0, 0.1) is 5.92 Å². The molecular formula is C22H30N2O2. The molecule has 4 nitrogen and oxygen atoms in total. The van der Waals surface area contributed by atoms with Crippen molar-refractivity contribution >= 4 is 16.7 Å². The van der Waals surface area contributed by atoms with E-state index in [-0.39, 0.29) is 11.9 Å². The van der Waals surface area contributed by atoms with Gasteiger partial charge in [-0.05, 0) is 41.7 Å². The Bertz CT molecular complexity index is 740. The Labute approximate surface area is 155 Å². The van der Waals surface area contributed by atoms with Crippen molar-refractivity contribution in [3.63, 3.8) is 0 Å². The van der Waals surface area contributed by atoms with Gasteiger partial charge in [-0.25, -0.2) is 0 Å². The third-order valence-corrected chi connectivity index (χ3v) is 5.64. The van der Waals surface area contributed by atoms with E-state index in [1.165, 1.54) is 24.6 Å². The van der Waals surface area contributed by atoms with Crippen LogP contribution in [0.15, 0.2) is 42.5 Å². The number of hydrogen-bond acceptors (Lipinski definition) is 3. The van der Waals surface area contributed by atoms with Crippen LogP contribution in [-0.2, 0) is 4.79 Å². The van der Waals surface area contributed by atoms with Gasteiger partial charge in [-0.1, -0.05) is 68.5 Å². The lowest BCUT2D eigenvalue weighted by atomic mass is 9.84. The number of rotatable bonds is 6. The molecule has 1 aliphatic carbocycles. The summed E-state index contributed by atoms with van der Waals surface area (Å²) in [5, 5.41) is 15.6. The highest BCUT2D eigenvalue weighted by Crippen LogP contribution is 2.27. The molecule has 140 valence electrons. The van der Waals surface area contributed by atoms with E-state index in [9.17, 15) is 9.90 Å². The fourth-order valence-electron chi connectivity index (χ4n) is 3.99. The van der Waals surface area contributed by atoms with Crippen LogP contribution in [0.1, 0.15) is 57.1 Å². The fourth-order valence-corrected chi connectivity index (χ4v) is 3.99. The molecule has 1 aliphatic rings. The minimum Gasteiger partial charge on any atom is -0.382 e. The van der Waals surface area contributed by atoms with Crippen molar-refractivity contribution in [3.05, 3.63) is 48.0 Å². The lowest BCUT2D eigenvalue weighted by Crippen LogP contribution is -2.47. The maximum Gasteiger partial charge on any atom is 0.250 e. The van der Waals surface area contributed by atoms with Gasteiger partial charge in [0.1, 0.15) is 6.10 Å². The number of aliphatic hydroxyl groups is 1. The lowest BCUT2D eigenvalue weighted by Gasteiger charge is -2.27. The first kappa shape index (κ1) is 18.9. The Morgan fingerprint density at radius 3 is 2.58 bits per heavy atom. The van der Waals surface area contributed by atoms with Gasteiger partial charge in [-0.2, -0.15) is 0 Å².